The minimum absolute atomic E-state index is 0.107. The fraction of sp³-hybridized carbons (Fsp3) is 0.526. The van der Waals surface area contributed by atoms with Gasteiger partial charge in [0.15, 0.2) is 5.78 Å². The zero-order valence-electron chi connectivity index (χ0n) is 16.9. The van der Waals surface area contributed by atoms with Gasteiger partial charge in [0, 0.05) is 31.7 Å². The molecule has 0 unspecified atom stereocenters. The van der Waals surface area contributed by atoms with Gasteiger partial charge in [0.05, 0.1) is 4.90 Å². The van der Waals surface area contributed by atoms with Crippen molar-refractivity contribution >= 4 is 27.7 Å². The van der Waals surface area contributed by atoms with Gasteiger partial charge in [0.25, 0.3) is 0 Å². The third-order valence-corrected chi connectivity index (χ3v) is 6.68. The van der Waals surface area contributed by atoms with E-state index in [1.807, 2.05) is 13.8 Å². The van der Waals surface area contributed by atoms with Crippen molar-refractivity contribution in [1.82, 2.24) is 14.5 Å². The summed E-state index contributed by atoms with van der Waals surface area (Å²) < 4.78 is 27.0. The van der Waals surface area contributed by atoms with Crippen LogP contribution in [-0.2, 0) is 14.8 Å². The molecule has 0 spiro atoms. The number of ketones is 1. The normalized spacial score (nSPS) is 16.5. The number of urea groups is 1. The number of primary amides is 1. The van der Waals surface area contributed by atoms with Crippen LogP contribution < -0.4 is 11.1 Å². The molecule has 0 aliphatic carbocycles. The van der Waals surface area contributed by atoms with Gasteiger partial charge in [-0.2, -0.15) is 4.31 Å². The Morgan fingerprint density at radius 3 is 2.07 bits per heavy atom. The van der Waals surface area contributed by atoms with Crippen LogP contribution in [0.25, 0.3) is 0 Å². The Kier molecular flexibility index (Phi) is 7.37. The summed E-state index contributed by atoms with van der Waals surface area (Å²) in [6, 6.07) is 4.31. The molecule has 0 bridgehead atoms. The quantitative estimate of drug-likeness (QED) is 0.626. The number of carbonyl (C=O) groups excluding carboxylic acids is 3. The fourth-order valence-electron chi connectivity index (χ4n) is 3.24. The van der Waals surface area contributed by atoms with Gasteiger partial charge in [-0.3, -0.25) is 9.59 Å². The number of hydrogen-bond acceptors (Lipinski definition) is 5. The summed E-state index contributed by atoms with van der Waals surface area (Å²) >= 11 is 0. The lowest BCUT2D eigenvalue weighted by atomic mass is 10.0. The van der Waals surface area contributed by atoms with Crippen molar-refractivity contribution in [1.29, 1.82) is 0 Å². The number of piperazine rings is 1. The van der Waals surface area contributed by atoms with Crippen LogP contribution in [0.5, 0.6) is 0 Å². The van der Waals surface area contributed by atoms with Gasteiger partial charge in [-0.15, -0.1) is 0 Å². The van der Waals surface area contributed by atoms with Crippen LogP contribution in [-0.4, -0.2) is 67.6 Å². The zero-order chi connectivity index (χ0) is 21.8. The molecule has 1 atom stereocenters. The van der Waals surface area contributed by atoms with Gasteiger partial charge in [-0.25, -0.2) is 13.2 Å². The van der Waals surface area contributed by atoms with Crippen molar-refractivity contribution in [3.63, 3.8) is 0 Å². The first-order valence-electron chi connectivity index (χ1n) is 9.48. The maximum atomic E-state index is 12.8. The second-order valence-corrected chi connectivity index (χ2v) is 9.44. The number of amides is 3. The lowest BCUT2D eigenvalue weighted by molar-refractivity contribution is -0.134. The lowest BCUT2D eigenvalue weighted by Gasteiger charge is -2.36. The van der Waals surface area contributed by atoms with Crippen LogP contribution in [0.15, 0.2) is 29.2 Å². The molecule has 160 valence electrons. The average molecular weight is 425 g/mol. The van der Waals surface area contributed by atoms with Gasteiger partial charge < -0.3 is 16.0 Å². The first-order chi connectivity index (χ1) is 13.5. The molecule has 1 aromatic rings. The molecule has 1 saturated heterocycles. The van der Waals surface area contributed by atoms with E-state index in [-0.39, 0.29) is 48.7 Å². The molecule has 0 aromatic heterocycles. The van der Waals surface area contributed by atoms with E-state index in [1.165, 1.54) is 35.5 Å². The number of nitrogens with one attached hydrogen (secondary N) is 1. The van der Waals surface area contributed by atoms with Crippen molar-refractivity contribution in [2.75, 3.05) is 26.2 Å². The number of nitrogens with zero attached hydrogens (tertiary/aromatic N) is 2. The lowest BCUT2D eigenvalue weighted by Crippen LogP contribution is -2.56. The monoisotopic (exact) mass is 424 g/mol. The molecule has 1 aliphatic heterocycles. The van der Waals surface area contributed by atoms with Gasteiger partial charge in [0.1, 0.15) is 6.04 Å². The molecular weight excluding hydrogens is 396 g/mol. The Morgan fingerprint density at radius 1 is 1.07 bits per heavy atom. The van der Waals surface area contributed by atoms with Gasteiger partial charge in [0.2, 0.25) is 15.9 Å². The molecule has 29 heavy (non-hydrogen) atoms. The number of hydrogen-bond donors (Lipinski definition) is 2. The van der Waals surface area contributed by atoms with Crippen LogP contribution in [0.1, 0.15) is 37.6 Å². The molecule has 10 heteroatoms. The second kappa shape index (κ2) is 9.36. The Morgan fingerprint density at radius 2 is 1.62 bits per heavy atom. The highest BCUT2D eigenvalue weighted by molar-refractivity contribution is 7.89. The minimum Gasteiger partial charge on any atom is -0.352 e. The molecule has 3 N–H and O–H groups in total. The largest absolute Gasteiger partial charge is 0.352 e. The van der Waals surface area contributed by atoms with Crippen LogP contribution in [0.3, 0.4) is 0 Å². The number of carbonyl (C=O) groups is 3. The summed E-state index contributed by atoms with van der Waals surface area (Å²) in [5.41, 5.74) is 5.62. The van der Waals surface area contributed by atoms with Crippen molar-refractivity contribution in [2.24, 2.45) is 11.7 Å². The maximum Gasteiger partial charge on any atom is 0.312 e. The van der Waals surface area contributed by atoms with E-state index in [1.54, 1.807) is 4.90 Å². The van der Waals surface area contributed by atoms with Crippen molar-refractivity contribution in [3.8, 4) is 0 Å². The van der Waals surface area contributed by atoms with E-state index in [4.69, 9.17) is 5.73 Å². The molecule has 0 saturated carbocycles. The summed E-state index contributed by atoms with van der Waals surface area (Å²) in [4.78, 5) is 37.0. The summed E-state index contributed by atoms with van der Waals surface area (Å²) in [5, 5.41) is 2.48. The Bertz CT molecular complexity index is 859. The summed E-state index contributed by atoms with van der Waals surface area (Å²) in [5.74, 6) is -0.225. The standard InChI is InChI=1S/C19H28N4O5S/c1-13(2)12-17(21-19(20)26)18(25)22-8-10-23(11-9-22)29(27,28)16-6-4-15(5-7-16)14(3)24/h4-7,13,17H,8-12H2,1-3H3,(H3,20,21,26)/t17-/m0/s1. The van der Waals surface area contributed by atoms with Crippen molar-refractivity contribution in [2.45, 2.75) is 38.1 Å². The van der Waals surface area contributed by atoms with Crippen LogP contribution in [0, 0.1) is 5.92 Å². The SMILES string of the molecule is CC(=O)c1ccc(S(=O)(=O)N2CCN(C(=O)[C@H](CC(C)C)NC(N)=O)CC2)cc1. The molecule has 1 fully saturated rings. The predicted octanol–water partition coefficient (Wildman–Crippen LogP) is 0.805. The minimum atomic E-state index is -3.72. The number of benzene rings is 1. The van der Waals surface area contributed by atoms with Crippen LogP contribution >= 0.6 is 0 Å². The first-order valence-corrected chi connectivity index (χ1v) is 10.9. The number of sulfonamides is 1. The molecule has 0 radical (unpaired) electrons. The molecule has 2 rings (SSSR count). The Balaban J connectivity index is 2.05. The van der Waals surface area contributed by atoms with E-state index in [2.05, 4.69) is 5.32 Å². The highest BCUT2D eigenvalue weighted by Gasteiger charge is 2.33. The van der Waals surface area contributed by atoms with Gasteiger partial charge >= 0.3 is 6.03 Å². The number of Topliss-reactive ketones (excluding diaryl/α,β-unsaturated/α-hetero) is 1. The second-order valence-electron chi connectivity index (χ2n) is 7.50. The summed E-state index contributed by atoms with van der Waals surface area (Å²) in [7, 11) is -3.72. The summed E-state index contributed by atoms with van der Waals surface area (Å²) in [6.07, 6.45) is 0.447. The van der Waals surface area contributed by atoms with E-state index < -0.39 is 22.1 Å². The number of nitrogens with two attached hydrogens (primary N) is 1. The average Bonchev–Trinajstić information content (AvgIpc) is 2.66. The smallest absolute Gasteiger partial charge is 0.312 e. The Hall–Kier alpha value is -2.46. The molecular formula is C19H28N4O5S. The predicted molar refractivity (Wildman–Crippen MR) is 108 cm³/mol. The van der Waals surface area contributed by atoms with Crippen molar-refractivity contribution in [3.05, 3.63) is 29.8 Å². The van der Waals surface area contributed by atoms with Crippen molar-refractivity contribution < 1.29 is 22.8 Å². The van der Waals surface area contributed by atoms with Crippen LogP contribution in [0.2, 0.25) is 0 Å². The van der Waals surface area contributed by atoms with E-state index in [0.29, 0.717) is 12.0 Å². The van der Waals surface area contributed by atoms with E-state index in [9.17, 15) is 22.8 Å². The zero-order valence-corrected chi connectivity index (χ0v) is 17.7. The third kappa shape index (κ3) is 5.77. The molecule has 1 aliphatic rings. The topological polar surface area (TPSA) is 130 Å². The summed E-state index contributed by atoms with van der Waals surface area (Å²) in [6.45, 7) is 6.02. The van der Waals surface area contributed by atoms with E-state index in [0.717, 1.165) is 0 Å². The maximum absolute atomic E-state index is 12.8. The molecule has 1 heterocycles. The van der Waals surface area contributed by atoms with E-state index >= 15 is 0 Å². The van der Waals surface area contributed by atoms with Crippen LogP contribution in [0.4, 0.5) is 4.79 Å². The third-order valence-electron chi connectivity index (χ3n) is 4.77. The van der Waals surface area contributed by atoms with Gasteiger partial charge in [-0.1, -0.05) is 26.0 Å². The molecule has 3 amide bonds. The molecule has 9 nitrogen and oxygen atoms in total. The molecule has 1 aromatic carbocycles. The number of rotatable bonds is 7. The highest BCUT2D eigenvalue weighted by Crippen LogP contribution is 2.19. The fourth-order valence-corrected chi connectivity index (χ4v) is 4.67. The Labute approximate surface area is 171 Å². The first kappa shape index (κ1) is 22.8. The van der Waals surface area contributed by atoms with Gasteiger partial charge in [-0.05, 0) is 31.4 Å². The highest BCUT2D eigenvalue weighted by atomic mass is 32.2.